The molecule has 2 aromatic carbocycles. The molecule has 5 nitrogen and oxygen atoms in total. The number of aryl methyl sites for hydroxylation is 1. The standard InChI is InChI=1S/C16H17BO5S/c1-11-7-14(5-6-16(11)21-2)23(19,20)10-12-3-4-13-9-22-17(18)15(13)8-12/h3-8,18H,9-10H2,1-2H3. The van der Waals surface area contributed by atoms with E-state index < -0.39 is 17.0 Å². The minimum atomic E-state index is -3.47. The van der Waals surface area contributed by atoms with Crippen molar-refractivity contribution in [2.45, 2.75) is 24.2 Å². The van der Waals surface area contributed by atoms with Crippen LogP contribution < -0.4 is 10.2 Å². The third kappa shape index (κ3) is 3.13. The maximum Gasteiger partial charge on any atom is 0.491 e. The Morgan fingerprint density at radius 2 is 2.04 bits per heavy atom. The van der Waals surface area contributed by atoms with Crippen molar-refractivity contribution >= 4 is 22.4 Å². The number of methoxy groups -OCH3 is 1. The molecule has 0 saturated carbocycles. The number of rotatable bonds is 4. The Hall–Kier alpha value is -1.83. The van der Waals surface area contributed by atoms with Crippen molar-refractivity contribution in [2.75, 3.05) is 7.11 Å². The molecular formula is C16H17BO5S. The zero-order valence-corrected chi connectivity index (χ0v) is 13.8. The van der Waals surface area contributed by atoms with E-state index in [9.17, 15) is 13.4 Å². The normalized spacial score (nSPS) is 14.0. The second-order valence-electron chi connectivity index (χ2n) is 5.59. The molecule has 1 heterocycles. The Bertz CT molecular complexity index is 848. The van der Waals surface area contributed by atoms with E-state index in [2.05, 4.69) is 0 Å². The Balaban J connectivity index is 1.90. The smallest absolute Gasteiger partial charge is 0.491 e. The van der Waals surface area contributed by atoms with Gasteiger partial charge in [-0.05, 0) is 47.3 Å². The fraction of sp³-hybridized carbons (Fsp3) is 0.250. The lowest BCUT2D eigenvalue weighted by Crippen LogP contribution is -2.28. The molecule has 2 aromatic rings. The summed E-state index contributed by atoms with van der Waals surface area (Å²) in [5.74, 6) is 0.528. The molecule has 0 bridgehead atoms. The minimum absolute atomic E-state index is 0.126. The fourth-order valence-corrected chi connectivity index (χ4v) is 4.12. The third-order valence-corrected chi connectivity index (χ3v) is 5.64. The zero-order valence-electron chi connectivity index (χ0n) is 12.9. The van der Waals surface area contributed by atoms with Crippen molar-refractivity contribution in [1.29, 1.82) is 0 Å². The largest absolute Gasteiger partial charge is 0.496 e. The molecule has 0 amide bonds. The average Bonchev–Trinajstić information content (AvgIpc) is 2.88. The molecule has 0 spiro atoms. The Kier molecular flexibility index (Phi) is 4.18. The van der Waals surface area contributed by atoms with Crippen LogP contribution in [0.4, 0.5) is 0 Å². The van der Waals surface area contributed by atoms with Crippen molar-refractivity contribution in [1.82, 2.24) is 0 Å². The van der Waals surface area contributed by atoms with Crippen LogP contribution in [0.5, 0.6) is 5.75 Å². The highest BCUT2D eigenvalue weighted by molar-refractivity contribution is 7.90. The first-order valence-electron chi connectivity index (χ1n) is 7.19. The van der Waals surface area contributed by atoms with Gasteiger partial charge in [0, 0.05) is 0 Å². The van der Waals surface area contributed by atoms with E-state index in [1.165, 1.54) is 0 Å². The van der Waals surface area contributed by atoms with Crippen LogP contribution in [0, 0.1) is 6.92 Å². The summed E-state index contributed by atoms with van der Waals surface area (Å²) < 4.78 is 35.5. The van der Waals surface area contributed by atoms with Crippen LogP contribution in [0.3, 0.4) is 0 Å². The lowest BCUT2D eigenvalue weighted by molar-refractivity contribution is 0.275. The molecule has 0 fully saturated rings. The van der Waals surface area contributed by atoms with E-state index in [1.54, 1.807) is 50.4 Å². The number of hydrogen-bond donors (Lipinski definition) is 1. The van der Waals surface area contributed by atoms with Crippen LogP contribution in [-0.2, 0) is 26.9 Å². The highest BCUT2D eigenvalue weighted by Crippen LogP contribution is 2.24. The SMILES string of the molecule is COc1ccc(S(=O)(=O)Cc2ccc3c(c2)B(O)OC3)cc1C. The molecule has 1 aliphatic rings. The summed E-state index contributed by atoms with van der Waals surface area (Å²) in [5.41, 5.74) is 2.93. The highest BCUT2D eigenvalue weighted by Gasteiger charge is 2.28. The van der Waals surface area contributed by atoms with Crippen molar-refractivity contribution in [3.8, 4) is 5.75 Å². The van der Waals surface area contributed by atoms with Gasteiger partial charge in [0.1, 0.15) is 5.75 Å². The van der Waals surface area contributed by atoms with Crippen LogP contribution in [0.25, 0.3) is 0 Å². The maximum atomic E-state index is 12.6. The Labute approximate surface area is 135 Å². The zero-order chi connectivity index (χ0) is 16.6. The summed E-state index contributed by atoms with van der Waals surface area (Å²) in [6.07, 6.45) is 0. The highest BCUT2D eigenvalue weighted by atomic mass is 32.2. The molecule has 1 aliphatic heterocycles. The quantitative estimate of drug-likeness (QED) is 0.852. The van der Waals surface area contributed by atoms with Gasteiger partial charge in [-0.3, -0.25) is 0 Å². The van der Waals surface area contributed by atoms with Gasteiger partial charge < -0.3 is 14.4 Å². The monoisotopic (exact) mass is 332 g/mol. The van der Waals surface area contributed by atoms with Gasteiger partial charge in [0.2, 0.25) is 0 Å². The van der Waals surface area contributed by atoms with Crippen molar-refractivity contribution < 1.29 is 22.8 Å². The van der Waals surface area contributed by atoms with Crippen LogP contribution in [0.2, 0.25) is 0 Å². The molecule has 0 aromatic heterocycles. The van der Waals surface area contributed by atoms with Gasteiger partial charge in [0.15, 0.2) is 9.84 Å². The molecule has 0 unspecified atom stereocenters. The summed E-state index contributed by atoms with van der Waals surface area (Å²) in [4.78, 5) is 0.257. The number of benzene rings is 2. The topological polar surface area (TPSA) is 72.8 Å². The second kappa shape index (κ2) is 6.00. The average molecular weight is 332 g/mol. The molecule has 0 aliphatic carbocycles. The van der Waals surface area contributed by atoms with Gasteiger partial charge in [-0.25, -0.2) is 8.42 Å². The van der Waals surface area contributed by atoms with E-state index >= 15 is 0 Å². The maximum absolute atomic E-state index is 12.6. The molecule has 120 valence electrons. The Morgan fingerprint density at radius 3 is 2.74 bits per heavy atom. The molecule has 3 rings (SSSR count). The predicted octanol–water partition coefficient (Wildman–Crippen LogP) is 1.20. The Morgan fingerprint density at radius 1 is 1.26 bits per heavy atom. The third-order valence-electron chi connectivity index (χ3n) is 3.96. The first-order chi connectivity index (χ1) is 10.9. The van der Waals surface area contributed by atoms with Crippen molar-refractivity contribution in [3.63, 3.8) is 0 Å². The number of sulfone groups is 1. The summed E-state index contributed by atoms with van der Waals surface area (Å²) in [6.45, 7) is 2.15. The summed E-state index contributed by atoms with van der Waals surface area (Å²) in [7, 11) is -2.90. The molecule has 0 radical (unpaired) electrons. The van der Waals surface area contributed by atoms with E-state index in [4.69, 9.17) is 9.39 Å². The van der Waals surface area contributed by atoms with Gasteiger partial charge in [-0.2, -0.15) is 0 Å². The molecular weight excluding hydrogens is 315 g/mol. The lowest BCUT2D eigenvalue weighted by Gasteiger charge is -2.09. The van der Waals surface area contributed by atoms with Crippen LogP contribution in [0.1, 0.15) is 16.7 Å². The molecule has 7 heteroatoms. The summed E-state index contributed by atoms with van der Waals surface area (Å²) >= 11 is 0. The second-order valence-corrected chi connectivity index (χ2v) is 7.58. The first-order valence-corrected chi connectivity index (χ1v) is 8.85. The number of ether oxygens (including phenoxy) is 1. The molecule has 0 saturated heterocycles. The van der Waals surface area contributed by atoms with Gasteiger partial charge >= 0.3 is 7.12 Å². The van der Waals surface area contributed by atoms with Crippen LogP contribution in [-0.4, -0.2) is 27.7 Å². The number of fused-ring (bicyclic) bond motifs is 1. The van der Waals surface area contributed by atoms with E-state index in [-0.39, 0.29) is 10.6 Å². The van der Waals surface area contributed by atoms with Crippen LogP contribution in [0.15, 0.2) is 41.3 Å². The van der Waals surface area contributed by atoms with E-state index in [0.717, 1.165) is 11.1 Å². The lowest BCUT2D eigenvalue weighted by atomic mass is 9.79. The molecule has 23 heavy (non-hydrogen) atoms. The van der Waals surface area contributed by atoms with Gasteiger partial charge in [0.25, 0.3) is 0 Å². The molecule has 0 atom stereocenters. The van der Waals surface area contributed by atoms with E-state index in [0.29, 0.717) is 23.4 Å². The summed E-state index contributed by atoms with van der Waals surface area (Å²) in [5, 5.41) is 9.73. The van der Waals surface area contributed by atoms with Crippen LogP contribution >= 0.6 is 0 Å². The summed E-state index contributed by atoms with van der Waals surface area (Å²) in [6, 6.07) is 10.1. The van der Waals surface area contributed by atoms with Crippen molar-refractivity contribution in [2.24, 2.45) is 0 Å². The van der Waals surface area contributed by atoms with Crippen molar-refractivity contribution in [3.05, 3.63) is 53.1 Å². The first kappa shape index (κ1) is 16.0. The fourth-order valence-electron chi connectivity index (χ4n) is 2.70. The molecule has 1 N–H and O–H groups in total. The van der Waals surface area contributed by atoms with Gasteiger partial charge in [-0.15, -0.1) is 0 Å². The number of hydrogen-bond acceptors (Lipinski definition) is 5. The minimum Gasteiger partial charge on any atom is -0.496 e. The van der Waals surface area contributed by atoms with Gasteiger partial charge in [0.05, 0.1) is 24.4 Å². The van der Waals surface area contributed by atoms with E-state index in [1.807, 2.05) is 0 Å². The predicted molar refractivity (Wildman–Crippen MR) is 87.5 cm³/mol. The van der Waals surface area contributed by atoms with Gasteiger partial charge in [-0.1, -0.05) is 18.2 Å².